The number of hydrogen-bond donors (Lipinski definition) is 0. The molecule has 0 nitrogen and oxygen atoms in total. The van der Waals surface area contributed by atoms with Crippen LogP contribution in [-0.2, 0) is 5.41 Å². The van der Waals surface area contributed by atoms with E-state index in [1.54, 1.807) is 0 Å². The first kappa shape index (κ1) is 24.5. The zero-order chi connectivity index (χ0) is 23.6. The molecule has 2 atom stereocenters. The van der Waals surface area contributed by atoms with Gasteiger partial charge in [0.25, 0.3) is 0 Å². The predicted octanol–water partition coefficient (Wildman–Crippen LogP) is 9.54. The van der Waals surface area contributed by atoms with Crippen LogP contribution in [-0.4, -0.2) is 4.83 Å². The van der Waals surface area contributed by atoms with Gasteiger partial charge in [-0.25, -0.2) is 0 Å². The van der Waals surface area contributed by atoms with Gasteiger partial charge in [-0.1, -0.05) is 163 Å². The van der Waals surface area contributed by atoms with Crippen molar-refractivity contribution in [1.29, 1.82) is 0 Å². The molecule has 0 aromatic heterocycles. The predicted molar refractivity (Wildman–Crippen MR) is 150 cm³/mol. The van der Waals surface area contributed by atoms with E-state index in [0.29, 0.717) is 4.83 Å². The van der Waals surface area contributed by atoms with Crippen LogP contribution in [0.4, 0.5) is 0 Å². The smallest absolute Gasteiger partial charge is 0.0519 e. The Hall–Kier alpha value is -2.64. The van der Waals surface area contributed by atoms with E-state index in [0.717, 1.165) is 6.42 Å². The average molecular weight is 512 g/mol. The van der Waals surface area contributed by atoms with Crippen molar-refractivity contribution in [3.63, 3.8) is 0 Å². The third-order valence-electron chi connectivity index (χ3n) is 7.02. The van der Waals surface area contributed by atoms with Gasteiger partial charge in [0.05, 0.1) is 5.41 Å². The fraction of sp³-hybridized carbons (Fsp3) is 0.273. The monoisotopic (exact) mass is 510 g/mol. The van der Waals surface area contributed by atoms with Gasteiger partial charge in [-0.05, 0) is 35.1 Å². The molecule has 0 saturated carbocycles. The summed E-state index contributed by atoms with van der Waals surface area (Å²) in [5.74, 6) is 0.270. The van der Waals surface area contributed by atoms with Gasteiger partial charge in [0.1, 0.15) is 0 Å². The Kier molecular flexibility index (Phi) is 8.77. The average Bonchev–Trinajstić information content (AvgIpc) is 2.91. The third kappa shape index (κ3) is 5.36. The van der Waals surface area contributed by atoms with E-state index in [-0.39, 0.29) is 11.3 Å². The molecule has 4 aromatic rings. The van der Waals surface area contributed by atoms with Crippen LogP contribution in [0.15, 0.2) is 121 Å². The zero-order valence-corrected chi connectivity index (χ0v) is 21.7. The van der Waals surface area contributed by atoms with E-state index in [1.165, 1.54) is 47.9 Å². The maximum Gasteiger partial charge on any atom is 0.0519 e. The molecule has 0 N–H and O–H groups in total. The first-order valence-electron chi connectivity index (χ1n) is 12.6. The van der Waals surface area contributed by atoms with Crippen molar-refractivity contribution in [3.8, 4) is 0 Å². The van der Waals surface area contributed by atoms with Crippen molar-refractivity contribution in [2.45, 2.75) is 55.2 Å². The molecule has 0 saturated heterocycles. The Labute approximate surface area is 214 Å². The summed E-state index contributed by atoms with van der Waals surface area (Å²) >= 11 is 4.12. The normalized spacial score (nSPS) is 13.4. The molecule has 4 rings (SSSR count). The Balaban J connectivity index is 1.97. The highest BCUT2D eigenvalue weighted by Gasteiger charge is 2.44. The third-order valence-corrected chi connectivity index (χ3v) is 7.86. The number of unbranched alkanes of at least 4 members (excludes halogenated alkanes) is 2. The van der Waals surface area contributed by atoms with Crippen LogP contribution in [0.5, 0.6) is 0 Å². The number of halogens is 1. The lowest BCUT2D eigenvalue weighted by atomic mass is 9.58. The first-order chi connectivity index (χ1) is 16.8. The fourth-order valence-electron chi connectivity index (χ4n) is 5.44. The summed E-state index contributed by atoms with van der Waals surface area (Å²) in [5.41, 5.74) is 5.11. The zero-order valence-electron chi connectivity index (χ0n) is 20.1. The Morgan fingerprint density at radius 1 is 0.588 bits per heavy atom. The largest absolute Gasteiger partial charge is 0.0890 e. The minimum absolute atomic E-state index is 0.270. The van der Waals surface area contributed by atoms with Crippen molar-refractivity contribution in [3.05, 3.63) is 144 Å². The molecule has 0 amide bonds. The summed E-state index contributed by atoms with van der Waals surface area (Å²) in [7, 11) is 0. The molecular weight excluding hydrogens is 476 g/mol. The number of rotatable bonds is 11. The van der Waals surface area contributed by atoms with E-state index in [4.69, 9.17) is 0 Å². The minimum atomic E-state index is -0.304. The van der Waals surface area contributed by atoms with E-state index in [9.17, 15) is 0 Å². The number of hydrogen-bond acceptors (Lipinski definition) is 0. The second-order valence-corrected chi connectivity index (χ2v) is 10.5. The SMILES string of the molecule is CCCCCC(Br)CC(c1ccccc1)C(c1ccccc1)(c1ccccc1)c1ccccc1. The highest BCUT2D eigenvalue weighted by molar-refractivity contribution is 9.09. The van der Waals surface area contributed by atoms with Crippen molar-refractivity contribution in [2.24, 2.45) is 0 Å². The van der Waals surface area contributed by atoms with Crippen LogP contribution in [0.1, 0.15) is 67.2 Å². The standard InChI is InChI=1S/C33H35Br/c1-2-3-8-25-31(34)26-32(27-17-9-4-10-18-27)33(28-19-11-5-12-20-28,29-21-13-6-14-22-29)30-23-15-7-16-24-30/h4-7,9-24,31-32H,2-3,8,25-26H2,1H3. The van der Waals surface area contributed by atoms with Crippen LogP contribution < -0.4 is 0 Å². The van der Waals surface area contributed by atoms with Gasteiger partial charge in [0, 0.05) is 10.7 Å². The lowest BCUT2D eigenvalue weighted by Crippen LogP contribution is -2.38. The topological polar surface area (TPSA) is 0 Å². The lowest BCUT2D eigenvalue weighted by molar-refractivity contribution is 0.436. The van der Waals surface area contributed by atoms with Gasteiger partial charge in [-0.3, -0.25) is 0 Å². The molecule has 0 aliphatic rings. The molecule has 0 radical (unpaired) electrons. The molecule has 1 heteroatoms. The molecule has 2 unspecified atom stereocenters. The highest BCUT2D eigenvalue weighted by atomic mass is 79.9. The molecule has 0 heterocycles. The Morgan fingerprint density at radius 3 is 1.41 bits per heavy atom. The maximum atomic E-state index is 4.12. The quantitative estimate of drug-likeness (QED) is 0.107. The molecule has 4 aromatic carbocycles. The summed E-state index contributed by atoms with van der Waals surface area (Å²) in [5, 5.41) is 0. The molecule has 0 spiro atoms. The Morgan fingerprint density at radius 2 is 1.00 bits per heavy atom. The van der Waals surface area contributed by atoms with Crippen LogP contribution in [0.25, 0.3) is 0 Å². The summed E-state index contributed by atoms with van der Waals surface area (Å²) in [4.78, 5) is 0.458. The molecule has 174 valence electrons. The van der Waals surface area contributed by atoms with E-state index >= 15 is 0 Å². The number of benzene rings is 4. The van der Waals surface area contributed by atoms with E-state index < -0.39 is 0 Å². The van der Waals surface area contributed by atoms with Crippen LogP contribution in [0.2, 0.25) is 0 Å². The molecule has 0 bridgehead atoms. The number of alkyl halides is 1. The van der Waals surface area contributed by atoms with Gasteiger partial charge in [-0.2, -0.15) is 0 Å². The highest BCUT2D eigenvalue weighted by Crippen LogP contribution is 2.52. The summed E-state index contributed by atoms with van der Waals surface area (Å²) < 4.78 is 0. The molecular formula is C33H35Br. The molecule has 0 aliphatic carbocycles. The van der Waals surface area contributed by atoms with Crippen molar-refractivity contribution in [2.75, 3.05) is 0 Å². The van der Waals surface area contributed by atoms with Crippen LogP contribution in [0, 0.1) is 0 Å². The Bertz CT molecular complexity index is 994. The minimum Gasteiger partial charge on any atom is -0.0890 e. The first-order valence-corrected chi connectivity index (χ1v) is 13.5. The summed E-state index contributed by atoms with van der Waals surface area (Å²) in [6.07, 6.45) is 6.07. The van der Waals surface area contributed by atoms with Gasteiger partial charge in [0.15, 0.2) is 0 Å². The molecule has 34 heavy (non-hydrogen) atoms. The van der Waals surface area contributed by atoms with Crippen LogP contribution in [0.3, 0.4) is 0 Å². The van der Waals surface area contributed by atoms with E-state index in [1.807, 2.05) is 0 Å². The van der Waals surface area contributed by atoms with Gasteiger partial charge >= 0.3 is 0 Å². The van der Waals surface area contributed by atoms with Crippen molar-refractivity contribution >= 4 is 15.9 Å². The summed E-state index contributed by atoms with van der Waals surface area (Å²) in [6, 6.07) is 44.5. The van der Waals surface area contributed by atoms with Gasteiger partial charge in [0.2, 0.25) is 0 Å². The summed E-state index contributed by atoms with van der Waals surface area (Å²) in [6.45, 7) is 2.28. The second kappa shape index (κ2) is 12.2. The maximum absolute atomic E-state index is 4.12. The fourth-order valence-corrected chi connectivity index (χ4v) is 6.14. The molecule has 0 aliphatic heterocycles. The van der Waals surface area contributed by atoms with Gasteiger partial charge < -0.3 is 0 Å². The van der Waals surface area contributed by atoms with E-state index in [2.05, 4.69) is 144 Å². The second-order valence-electron chi connectivity index (χ2n) is 9.20. The lowest BCUT2D eigenvalue weighted by Gasteiger charge is -2.44. The van der Waals surface area contributed by atoms with Crippen molar-refractivity contribution in [1.82, 2.24) is 0 Å². The van der Waals surface area contributed by atoms with Crippen molar-refractivity contribution < 1.29 is 0 Å². The molecule has 0 fully saturated rings. The van der Waals surface area contributed by atoms with Crippen LogP contribution >= 0.6 is 15.9 Å². The van der Waals surface area contributed by atoms with Gasteiger partial charge in [-0.15, -0.1) is 0 Å².